The Morgan fingerprint density at radius 2 is 1.85 bits per heavy atom. The molecule has 1 N–H and O–H groups in total. The summed E-state index contributed by atoms with van der Waals surface area (Å²) in [4.78, 5) is 19.5. The minimum absolute atomic E-state index is 0.125. The van der Waals surface area contributed by atoms with Crippen molar-refractivity contribution in [3.8, 4) is 0 Å². The molecule has 0 aliphatic carbocycles. The maximum absolute atomic E-state index is 9.81. The Balaban J connectivity index is 0. The van der Waals surface area contributed by atoms with E-state index in [1.54, 1.807) is 0 Å². The Morgan fingerprint density at radius 1 is 1.46 bits per heavy atom. The van der Waals surface area contributed by atoms with E-state index in [9.17, 15) is 9.59 Å². The van der Waals surface area contributed by atoms with Crippen molar-refractivity contribution in [1.82, 2.24) is 0 Å². The van der Waals surface area contributed by atoms with Crippen LogP contribution in [-0.4, -0.2) is 90.1 Å². The first-order valence-electron chi connectivity index (χ1n) is 2.53. The van der Waals surface area contributed by atoms with Gasteiger partial charge in [0.25, 0.3) is 0 Å². The molecule has 0 unspecified atom stereocenters. The number of rotatable bonds is 1. The molecule has 64 valence electrons. The van der Waals surface area contributed by atoms with E-state index < -0.39 is 27.5 Å². The van der Waals surface area contributed by atoms with Crippen LogP contribution in [0.1, 0.15) is 0 Å². The van der Waals surface area contributed by atoms with Gasteiger partial charge >= 0.3 is 89.6 Å². The van der Waals surface area contributed by atoms with E-state index in [1.807, 2.05) is 0 Å². The molecule has 0 spiro atoms. The summed E-state index contributed by atoms with van der Waals surface area (Å²) in [5.74, 6) is 0. The maximum atomic E-state index is 9.81. The zero-order valence-electron chi connectivity index (χ0n) is 6.30. The van der Waals surface area contributed by atoms with E-state index in [1.165, 1.54) is 0 Å². The van der Waals surface area contributed by atoms with Crippen molar-refractivity contribution in [2.75, 3.05) is 0 Å². The zero-order chi connectivity index (χ0) is 10.9. The topological polar surface area (TPSA) is 116 Å². The molecule has 0 aromatic rings. The first-order chi connectivity index (χ1) is 6.18. The quantitative estimate of drug-likeness (QED) is 0.574. The standard InChI is InChI=1S/2CH2O3.Al.Ca.Mg.2O/c2*2-1(3)4;;;;;/h2*(H2,2,3,4);;;;;/q;;+3;;;;/p-3. The first-order valence-corrected chi connectivity index (χ1v) is 5.42. The molecule has 8 nitrogen and oxygen atoms in total. The van der Waals surface area contributed by atoms with E-state index in [0.717, 1.165) is 0 Å². The molecule has 1 rings (SSSR count). The molecule has 1 fully saturated rings. The van der Waals surface area contributed by atoms with Crippen molar-refractivity contribution in [1.29, 1.82) is 0 Å². The molecule has 0 aromatic carbocycles. The molecule has 0 radical (unpaired) electrons. The fourth-order valence-electron chi connectivity index (χ4n) is 0.296. The van der Waals surface area contributed by atoms with Crippen LogP contribution in [0.4, 0.5) is 9.59 Å². The van der Waals surface area contributed by atoms with Crippen molar-refractivity contribution in [2.45, 2.75) is 0 Å². The van der Waals surface area contributed by atoms with Crippen molar-refractivity contribution < 1.29 is 30.7 Å². The van der Waals surface area contributed by atoms with Gasteiger partial charge in [0, 0.05) is 0 Å². The van der Waals surface area contributed by atoms with Crippen molar-refractivity contribution in [3.63, 3.8) is 0 Å². The average Bonchev–Trinajstić information content (AvgIpc) is 2.08. The van der Waals surface area contributed by atoms with Crippen LogP contribution in [0.2, 0.25) is 0 Å². The molecule has 13 heavy (non-hydrogen) atoms. The van der Waals surface area contributed by atoms with Crippen molar-refractivity contribution >= 4 is 85.0 Å². The van der Waals surface area contributed by atoms with Crippen LogP contribution < -0.4 is 0 Å². The van der Waals surface area contributed by atoms with Crippen LogP contribution in [0.15, 0.2) is 0 Å². The summed E-state index contributed by atoms with van der Waals surface area (Å²) in [5, 5.41) is 7.88. The number of carboxylic acid groups (broad SMARTS) is 1. The molecule has 1 saturated heterocycles. The summed E-state index contributed by atoms with van der Waals surface area (Å²) in [5.41, 5.74) is 0. The second-order valence-corrected chi connectivity index (χ2v) is 2.44. The molecule has 1 aliphatic heterocycles. The molecular formula is C2HAlCaMgO8. The summed E-state index contributed by atoms with van der Waals surface area (Å²) in [6, 6.07) is 0. The third-order valence-electron chi connectivity index (χ3n) is 0.582. The fourth-order valence-corrected chi connectivity index (χ4v) is 0.889. The number of hydrogen-bond donors (Lipinski definition) is 1. The van der Waals surface area contributed by atoms with E-state index in [4.69, 9.17) is 9.71 Å². The number of hydrogen-bond acceptors (Lipinski definition) is 7. The fraction of sp³-hybridized carbons (Fsp3) is 0. The molecule has 1 heterocycles. The third kappa shape index (κ3) is 9.01. The predicted molar refractivity (Wildman–Crippen MR) is 35.3 cm³/mol. The van der Waals surface area contributed by atoms with Gasteiger partial charge in [-0.25, -0.2) is 9.59 Å². The van der Waals surface area contributed by atoms with Gasteiger partial charge in [0.05, 0.1) is 0 Å². The SMILES string of the molecule is O=C(O)[O][Al]1[O]C(=O)[O]1.[O]=[Ca].[O]=[Mg]. The van der Waals surface area contributed by atoms with Gasteiger partial charge in [-0.05, 0) is 0 Å². The summed E-state index contributed by atoms with van der Waals surface area (Å²) in [7, 11) is 0. The van der Waals surface area contributed by atoms with Crippen molar-refractivity contribution in [3.05, 3.63) is 0 Å². The molecule has 0 amide bonds. The van der Waals surface area contributed by atoms with E-state index in [2.05, 4.69) is 11.4 Å². The molecule has 0 bridgehead atoms. The van der Waals surface area contributed by atoms with Crippen LogP contribution in [0.5, 0.6) is 0 Å². The second kappa shape index (κ2) is 10.8. The summed E-state index contributed by atoms with van der Waals surface area (Å²) in [6.45, 7) is 0. The first kappa shape index (κ1) is 16.1. The summed E-state index contributed by atoms with van der Waals surface area (Å²) >= 11 is -1.83. The van der Waals surface area contributed by atoms with Crippen molar-refractivity contribution in [2.24, 2.45) is 0 Å². The minimum atomic E-state index is -2.57. The molecule has 11 heteroatoms. The monoisotopic (exact) mass is 244 g/mol. The van der Waals surface area contributed by atoms with Gasteiger partial charge in [-0.1, -0.05) is 0 Å². The molecule has 1 aliphatic rings. The molecule has 0 aromatic heterocycles. The summed E-state index contributed by atoms with van der Waals surface area (Å²) < 4.78 is 28.8. The normalized spacial score (nSPS) is 11.4. The van der Waals surface area contributed by atoms with Crippen LogP contribution in [0, 0.1) is 0 Å². The Bertz CT molecular complexity index is 177. The van der Waals surface area contributed by atoms with Gasteiger partial charge in [0.15, 0.2) is 0 Å². The Morgan fingerprint density at radius 3 is 2.08 bits per heavy atom. The van der Waals surface area contributed by atoms with Crippen LogP contribution in [0.25, 0.3) is 0 Å². The molecular weight excluding hydrogens is 243 g/mol. The molecule has 0 saturated carbocycles. The summed E-state index contributed by atoms with van der Waals surface area (Å²) in [6.07, 6.45) is -2.35. The molecule has 0 atom stereocenters. The number of carbonyl (C=O) groups excluding carboxylic acids is 1. The Labute approximate surface area is 114 Å². The Kier molecular flexibility index (Phi) is 13.4. The van der Waals surface area contributed by atoms with E-state index in [-0.39, 0.29) is 35.9 Å². The average molecular weight is 244 g/mol. The van der Waals surface area contributed by atoms with Crippen LogP contribution in [0.3, 0.4) is 0 Å². The van der Waals surface area contributed by atoms with E-state index >= 15 is 0 Å². The van der Waals surface area contributed by atoms with Crippen LogP contribution in [-0.2, 0) is 16.0 Å². The number of carbonyl (C=O) groups is 2. The Hall–Kier alpha value is 0.698. The van der Waals surface area contributed by atoms with Gasteiger partial charge in [-0.15, -0.1) is 0 Å². The van der Waals surface area contributed by atoms with Gasteiger partial charge in [-0.3, -0.25) is 0 Å². The van der Waals surface area contributed by atoms with Gasteiger partial charge in [0.2, 0.25) is 0 Å². The van der Waals surface area contributed by atoms with E-state index in [0.29, 0.717) is 21.7 Å². The predicted octanol–water partition coefficient (Wildman–Crippen LogP) is -1.17. The zero-order valence-corrected chi connectivity index (χ0v) is 11.1. The van der Waals surface area contributed by atoms with Gasteiger partial charge in [-0.2, -0.15) is 0 Å². The van der Waals surface area contributed by atoms with Crippen LogP contribution >= 0.6 is 0 Å². The van der Waals surface area contributed by atoms with Gasteiger partial charge in [0.1, 0.15) is 0 Å². The third-order valence-corrected chi connectivity index (χ3v) is 1.75. The van der Waals surface area contributed by atoms with Gasteiger partial charge < -0.3 is 16.5 Å². The second-order valence-electron chi connectivity index (χ2n) is 1.16.